The predicted octanol–water partition coefficient (Wildman–Crippen LogP) is 0.809. The fourth-order valence-electron chi connectivity index (χ4n) is 0. The normalized spacial score (nSPS) is 18.3. The Morgan fingerprint density at radius 2 is 1.08 bits per heavy atom. The van der Waals surface area contributed by atoms with Crippen LogP contribution < -0.4 is 9.79 Å². The molecule has 0 radical (unpaired) electrons. The van der Waals surface area contributed by atoms with Crippen LogP contribution in [0.4, 0.5) is 8.39 Å². The maximum atomic E-state index is 10.8. The van der Waals surface area contributed by atoms with Crippen molar-refractivity contribution in [1.29, 1.82) is 0 Å². The van der Waals surface area contributed by atoms with Crippen molar-refractivity contribution in [2.75, 3.05) is 0 Å². The van der Waals surface area contributed by atoms with E-state index >= 15 is 0 Å². The number of hydrogen-bond donors (Lipinski definition) is 0. The van der Waals surface area contributed by atoms with Crippen molar-refractivity contribution in [1.82, 2.24) is 0 Å². The van der Waals surface area contributed by atoms with Crippen LogP contribution in [0.2, 0.25) is 0 Å². The summed E-state index contributed by atoms with van der Waals surface area (Å²) in [5, 5.41) is 0. The molecule has 0 heterocycles. The molecule has 0 saturated carbocycles. The summed E-state index contributed by atoms with van der Waals surface area (Å²) in [7, 11) is -10.3. The van der Waals surface area contributed by atoms with Crippen molar-refractivity contribution in [3.63, 3.8) is 0 Å². The average molecular weight is 354 g/mol. The summed E-state index contributed by atoms with van der Waals surface area (Å²) in [4.78, 5) is 18.0. The summed E-state index contributed by atoms with van der Waals surface area (Å²) in [6.45, 7) is 0. The van der Waals surface area contributed by atoms with Crippen molar-refractivity contribution < 1.29 is 35.5 Å². The van der Waals surface area contributed by atoms with E-state index in [2.05, 4.69) is 31.9 Å². The minimum absolute atomic E-state index is 0. The van der Waals surface area contributed by atoms with E-state index in [4.69, 9.17) is 18.9 Å². The Balaban J connectivity index is -0.000000143. The van der Waals surface area contributed by atoms with Gasteiger partial charge in [-0.2, -0.15) is 8.39 Å². The van der Waals surface area contributed by atoms with Crippen LogP contribution in [0.3, 0.4) is 0 Å². The van der Waals surface area contributed by atoms with E-state index in [-0.39, 0.29) is 45.5 Å². The smallest absolute Gasteiger partial charge is 0.752 e. The molecule has 13 heavy (non-hydrogen) atoms. The van der Waals surface area contributed by atoms with Gasteiger partial charge in [-0.15, -0.1) is 0 Å². The molecular formula is Cl2F2O6P2Sr. The fraction of sp³-hybridized carbons (Fsp3) is 0. The molecule has 0 aromatic rings. The van der Waals surface area contributed by atoms with Crippen LogP contribution >= 0.6 is 39.5 Å². The Kier molecular flexibility index (Phi) is 15.0. The molecule has 0 aliphatic heterocycles. The van der Waals surface area contributed by atoms with Crippen molar-refractivity contribution in [3.8, 4) is 0 Å². The van der Waals surface area contributed by atoms with Crippen molar-refractivity contribution in [3.05, 3.63) is 0 Å². The molecule has 0 fully saturated rings. The third kappa shape index (κ3) is 31.4. The topological polar surface area (TPSA) is 98.7 Å². The Labute approximate surface area is 119 Å². The molecule has 0 aromatic heterocycles. The first-order valence-electron chi connectivity index (χ1n) is 1.74. The molecule has 0 aliphatic carbocycles. The van der Waals surface area contributed by atoms with E-state index in [1.807, 2.05) is 0 Å². The number of hydrogen-bond acceptors (Lipinski definition) is 6. The van der Waals surface area contributed by atoms with Crippen molar-refractivity contribution in [2.24, 2.45) is 0 Å². The van der Waals surface area contributed by atoms with E-state index in [1.54, 1.807) is 0 Å². The molecule has 76 valence electrons. The van der Waals surface area contributed by atoms with Gasteiger partial charge >= 0.3 is 61.3 Å². The summed E-state index contributed by atoms with van der Waals surface area (Å²) < 4.78 is 45.0. The van der Waals surface area contributed by atoms with Gasteiger partial charge in [-0.3, -0.25) is 9.13 Å². The molecular weight excluding hydrogens is 354 g/mol. The van der Waals surface area contributed by atoms with Crippen LogP contribution in [0.25, 0.3) is 0 Å². The van der Waals surface area contributed by atoms with Gasteiger partial charge < -0.3 is 9.79 Å². The molecule has 0 spiro atoms. The summed E-state index contributed by atoms with van der Waals surface area (Å²) in [6, 6.07) is 0. The molecule has 0 saturated heterocycles. The van der Waals surface area contributed by atoms with Gasteiger partial charge in [0.2, 0.25) is 0 Å². The molecule has 6 nitrogen and oxygen atoms in total. The first kappa shape index (κ1) is 20.6. The van der Waals surface area contributed by atoms with Crippen LogP contribution in [-0.2, 0) is 17.3 Å². The fourth-order valence-corrected chi connectivity index (χ4v) is 0. The zero-order valence-corrected chi connectivity index (χ0v) is 12.3. The molecule has 2 unspecified atom stereocenters. The van der Waals surface area contributed by atoms with Gasteiger partial charge in [-0.25, -0.2) is 8.15 Å². The molecule has 0 N–H and O–H groups in total. The van der Waals surface area contributed by atoms with E-state index in [1.165, 1.54) is 0 Å². The zero-order chi connectivity index (χ0) is 10.4. The Hall–Kier alpha value is 2.22. The minimum atomic E-state index is -5.13. The quantitative estimate of drug-likeness (QED) is 0.537. The molecule has 0 amide bonds. The van der Waals surface area contributed by atoms with Crippen LogP contribution in [0, 0.1) is 0 Å². The Morgan fingerprint density at radius 3 is 1.08 bits per heavy atom. The maximum Gasteiger partial charge on any atom is 2.00 e. The molecule has 0 aromatic carbocycles. The van der Waals surface area contributed by atoms with Gasteiger partial charge in [0.05, 0.1) is 23.7 Å². The average Bonchev–Trinajstić information content (AvgIpc) is 1.86. The minimum Gasteiger partial charge on any atom is -0.752 e. The van der Waals surface area contributed by atoms with Gasteiger partial charge in [0, 0.05) is 0 Å². The van der Waals surface area contributed by atoms with Crippen LogP contribution in [-0.4, -0.2) is 45.5 Å². The van der Waals surface area contributed by atoms with Crippen LogP contribution in [0.1, 0.15) is 0 Å². The first-order chi connectivity index (χ1) is 5.12. The van der Waals surface area contributed by atoms with Gasteiger partial charge in [-0.05, 0) is 0 Å². The second kappa shape index (κ2) is 9.45. The summed E-state index contributed by atoms with van der Waals surface area (Å²) >= 11 is 8.05. The van der Waals surface area contributed by atoms with Crippen LogP contribution in [0.5, 0.6) is 0 Å². The van der Waals surface area contributed by atoms with Crippen LogP contribution in [0.15, 0.2) is 0 Å². The monoisotopic (exact) mass is 354 g/mol. The number of halogens is 4. The second-order valence-corrected chi connectivity index (χ2v) is 3.83. The van der Waals surface area contributed by atoms with Gasteiger partial charge in [0.1, 0.15) is 0 Å². The molecule has 0 aliphatic rings. The van der Waals surface area contributed by atoms with Crippen molar-refractivity contribution >= 4 is 85.0 Å². The van der Waals surface area contributed by atoms with E-state index in [0.717, 1.165) is 0 Å². The van der Waals surface area contributed by atoms with E-state index < -0.39 is 15.8 Å². The van der Waals surface area contributed by atoms with E-state index in [0.29, 0.717) is 0 Å². The Morgan fingerprint density at radius 1 is 1.00 bits per heavy atom. The summed E-state index contributed by atoms with van der Waals surface area (Å²) in [5.41, 5.74) is 0. The molecule has 13 heteroatoms. The van der Waals surface area contributed by atoms with E-state index in [9.17, 15) is 8.39 Å². The summed E-state index contributed by atoms with van der Waals surface area (Å²) in [6.07, 6.45) is 0. The molecule has 0 bridgehead atoms. The zero-order valence-electron chi connectivity index (χ0n) is 5.56. The van der Waals surface area contributed by atoms with Gasteiger partial charge in [0.15, 0.2) is 0 Å². The van der Waals surface area contributed by atoms with Gasteiger partial charge in [-0.1, -0.05) is 0 Å². The second-order valence-electron chi connectivity index (χ2n) is 0.999. The summed E-state index contributed by atoms with van der Waals surface area (Å²) in [5.74, 6) is 0. The third-order valence-electron chi connectivity index (χ3n) is 0.165. The first-order valence-corrected chi connectivity index (χ1v) is 5.23. The third-order valence-corrected chi connectivity index (χ3v) is 1.48. The Bertz CT molecular complexity index is 177. The maximum absolute atomic E-state index is 10.8. The SMILES string of the molecule is O=P([O-])(F)OCl.O=P([O-])(F)OCl.[Sr+2]. The standard InChI is InChI=1S/2ClFHO3P.Sr/c2*1-5-6(2,3)4;/h2*(H,3,4);/q;;+2/p-2. The largest absolute Gasteiger partial charge is 2.00 e. The van der Waals surface area contributed by atoms with Gasteiger partial charge in [0.25, 0.3) is 0 Å². The van der Waals surface area contributed by atoms with Crippen molar-refractivity contribution in [2.45, 2.75) is 0 Å². The molecule has 2 atom stereocenters. The predicted molar refractivity (Wildman–Crippen MR) is 37.1 cm³/mol. The number of rotatable bonds is 2. The molecule has 0 rings (SSSR count).